The summed E-state index contributed by atoms with van der Waals surface area (Å²) in [5.41, 5.74) is 0.150. The van der Waals surface area contributed by atoms with Crippen molar-refractivity contribution >= 4 is 5.91 Å². The maximum Gasteiger partial charge on any atom is 0.275 e. The van der Waals surface area contributed by atoms with Crippen LogP contribution >= 0.6 is 0 Å². The molecule has 18 heavy (non-hydrogen) atoms. The number of rotatable bonds is 1. The van der Waals surface area contributed by atoms with Crippen molar-refractivity contribution in [3.05, 3.63) is 40.3 Å². The van der Waals surface area contributed by atoms with Gasteiger partial charge in [0.15, 0.2) is 0 Å². The first-order chi connectivity index (χ1) is 8.66. The fourth-order valence-electron chi connectivity index (χ4n) is 2.79. The zero-order valence-electron chi connectivity index (χ0n) is 10.2. The molecule has 94 valence electrons. The number of carbonyl (C=O) groups excluding carboxylic acids is 1. The van der Waals surface area contributed by atoms with Crippen molar-refractivity contribution in [3.8, 4) is 0 Å². The quantitative estimate of drug-likeness (QED) is 0.685. The molecule has 1 fully saturated rings. The van der Waals surface area contributed by atoms with Gasteiger partial charge in [-0.3, -0.25) is 9.59 Å². The van der Waals surface area contributed by atoms with E-state index in [1.807, 2.05) is 4.90 Å². The van der Waals surface area contributed by atoms with Gasteiger partial charge in [-0.2, -0.15) is 5.10 Å². The van der Waals surface area contributed by atoms with Gasteiger partial charge in [0.2, 0.25) is 0 Å². The monoisotopic (exact) mass is 245 g/mol. The van der Waals surface area contributed by atoms with E-state index in [9.17, 15) is 9.59 Å². The van der Waals surface area contributed by atoms with Gasteiger partial charge in [-0.15, -0.1) is 0 Å². The van der Waals surface area contributed by atoms with E-state index in [0.29, 0.717) is 11.7 Å². The molecule has 0 aliphatic carbocycles. The SMILES string of the molecule is Cn1nc(C(=O)N2C3C=CCC2CC3)ccc1=O. The van der Waals surface area contributed by atoms with Crippen molar-refractivity contribution < 1.29 is 4.79 Å². The van der Waals surface area contributed by atoms with Gasteiger partial charge in [-0.1, -0.05) is 12.2 Å². The second kappa shape index (κ2) is 4.08. The first-order valence-corrected chi connectivity index (χ1v) is 6.20. The van der Waals surface area contributed by atoms with Gasteiger partial charge in [-0.05, 0) is 25.3 Å². The van der Waals surface area contributed by atoms with E-state index in [0.717, 1.165) is 19.3 Å². The molecular weight excluding hydrogens is 230 g/mol. The third-order valence-corrected chi connectivity index (χ3v) is 3.73. The molecule has 1 amide bonds. The smallest absolute Gasteiger partial charge is 0.275 e. The largest absolute Gasteiger partial charge is 0.328 e. The van der Waals surface area contributed by atoms with E-state index >= 15 is 0 Å². The molecule has 0 aromatic carbocycles. The lowest BCUT2D eigenvalue weighted by Gasteiger charge is -2.31. The first kappa shape index (κ1) is 11.2. The summed E-state index contributed by atoms with van der Waals surface area (Å²) >= 11 is 0. The van der Waals surface area contributed by atoms with E-state index in [2.05, 4.69) is 17.3 Å². The summed E-state index contributed by atoms with van der Waals surface area (Å²) in [6.07, 6.45) is 7.26. The van der Waals surface area contributed by atoms with Gasteiger partial charge in [0.25, 0.3) is 11.5 Å². The Balaban J connectivity index is 1.93. The van der Waals surface area contributed by atoms with Crippen LogP contribution < -0.4 is 5.56 Å². The lowest BCUT2D eigenvalue weighted by atomic mass is 10.1. The number of amides is 1. The fourth-order valence-corrected chi connectivity index (χ4v) is 2.79. The van der Waals surface area contributed by atoms with Gasteiger partial charge in [0.1, 0.15) is 5.69 Å². The van der Waals surface area contributed by atoms with Crippen LogP contribution in [0.1, 0.15) is 29.8 Å². The minimum Gasteiger partial charge on any atom is -0.328 e. The van der Waals surface area contributed by atoms with Crippen LogP contribution in [0.15, 0.2) is 29.1 Å². The maximum atomic E-state index is 12.4. The molecule has 0 radical (unpaired) electrons. The van der Waals surface area contributed by atoms with Crippen LogP contribution in [0, 0.1) is 0 Å². The first-order valence-electron chi connectivity index (χ1n) is 6.20. The van der Waals surface area contributed by atoms with Crippen molar-refractivity contribution in [2.75, 3.05) is 0 Å². The zero-order chi connectivity index (χ0) is 12.7. The molecule has 0 N–H and O–H groups in total. The highest BCUT2D eigenvalue weighted by atomic mass is 16.2. The number of hydrogen-bond acceptors (Lipinski definition) is 3. The number of hydrogen-bond donors (Lipinski definition) is 0. The van der Waals surface area contributed by atoms with Crippen LogP contribution in [0.25, 0.3) is 0 Å². The fraction of sp³-hybridized carbons (Fsp3) is 0.462. The predicted octanol–water partition coefficient (Wildman–Crippen LogP) is 0.713. The summed E-state index contributed by atoms with van der Waals surface area (Å²) in [7, 11) is 1.56. The van der Waals surface area contributed by atoms with Crippen LogP contribution in [0.4, 0.5) is 0 Å². The van der Waals surface area contributed by atoms with Crippen molar-refractivity contribution in [1.29, 1.82) is 0 Å². The molecule has 2 unspecified atom stereocenters. The van der Waals surface area contributed by atoms with Gasteiger partial charge >= 0.3 is 0 Å². The minimum absolute atomic E-state index is 0.0672. The van der Waals surface area contributed by atoms with Crippen molar-refractivity contribution in [2.45, 2.75) is 31.3 Å². The second-order valence-electron chi connectivity index (χ2n) is 4.86. The molecule has 5 nitrogen and oxygen atoms in total. The number of aryl methyl sites for hydroxylation is 1. The summed E-state index contributed by atoms with van der Waals surface area (Å²) in [5.74, 6) is -0.0672. The Kier molecular flexibility index (Phi) is 2.54. The van der Waals surface area contributed by atoms with Crippen LogP contribution in [0.2, 0.25) is 0 Å². The van der Waals surface area contributed by atoms with Gasteiger partial charge in [0.05, 0.1) is 6.04 Å². The van der Waals surface area contributed by atoms with Crippen molar-refractivity contribution in [2.24, 2.45) is 7.05 Å². The molecule has 3 rings (SSSR count). The predicted molar refractivity (Wildman–Crippen MR) is 66.2 cm³/mol. The Morgan fingerprint density at radius 2 is 2.22 bits per heavy atom. The molecular formula is C13H15N3O2. The Bertz CT molecular complexity index is 576. The van der Waals surface area contributed by atoms with Crippen LogP contribution in [0.5, 0.6) is 0 Å². The van der Waals surface area contributed by atoms with Crippen LogP contribution in [-0.2, 0) is 7.05 Å². The molecule has 2 bridgehead atoms. The van der Waals surface area contributed by atoms with E-state index in [4.69, 9.17) is 0 Å². The summed E-state index contributed by atoms with van der Waals surface area (Å²) in [6, 6.07) is 3.41. The Morgan fingerprint density at radius 1 is 1.39 bits per heavy atom. The second-order valence-corrected chi connectivity index (χ2v) is 4.86. The summed E-state index contributed by atoms with van der Waals surface area (Å²) in [5, 5.41) is 4.03. The summed E-state index contributed by atoms with van der Waals surface area (Å²) in [4.78, 5) is 25.6. The molecule has 2 atom stereocenters. The van der Waals surface area contributed by atoms with Gasteiger partial charge in [-0.25, -0.2) is 4.68 Å². The van der Waals surface area contributed by atoms with E-state index < -0.39 is 0 Å². The average molecular weight is 245 g/mol. The molecule has 1 saturated heterocycles. The molecule has 0 saturated carbocycles. The number of fused-ring (bicyclic) bond motifs is 2. The highest BCUT2D eigenvalue weighted by Crippen LogP contribution is 2.32. The van der Waals surface area contributed by atoms with Crippen molar-refractivity contribution in [1.82, 2.24) is 14.7 Å². The Labute approximate surface area is 105 Å². The Hall–Kier alpha value is -1.91. The van der Waals surface area contributed by atoms with E-state index in [1.165, 1.54) is 16.8 Å². The molecule has 5 heteroatoms. The van der Waals surface area contributed by atoms with Crippen LogP contribution in [-0.4, -0.2) is 32.7 Å². The van der Waals surface area contributed by atoms with E-state index in [-0.39, 0.29) is 17.5 Å². The molecule has 1 aromatic rings. The summed E-state index contributed by atoms with van der Waals surface area (Å²) < 4.78 is 1.20. The lowest BCUT2D eigenvalue weighted by molar-refractivity contribution is 0.0680. The summed E-state index contributed by atoms with van der Waals surface area (Å²) in [6.45, 7) is 0. The maximum absolute atomic E-state index is 12.4. The van der Waals surface area contributed by atoms with Crippen molar-refractivity contribution in [3.63, 3.8) is 0 Å². The number of nitrogens with zero attached hydrogens (tertiary/aromatic N) is 3. The topological polar surface area (TPSA) is 55.2 Å². The molecule has 0 spiro atoms. The lowest BCUT2D eigenvalue weighted by Crippen LogP contribution is -2.43. The van der Waals surface area contributed by atoms with E-state index in [1.54, 1.807) is 7.05 Å². The third-order valence-electron chi connectivity index (χ3n) is 3.73. The van der Waals surface area contributed by atoms with Gasteiger partial charge in [0, 0.05) is 19.2 Å². The molecule has 1 aromatic heterocycles. The average Bonchev–Trinajstić information content (AvgIpc) is 2.61. The third kappa shape index (κ3) is 1.66. The minimum atomic E-state index is -0.201. The number of aromatic nitrogens is 2. The Morgan fingerprint density at radius 3 is 2.94 bits per heavy atom. The van der Waals surface area contributed by atoms with Crippen LogP contribution in [0.3, 0.4) is 0 Å². The molecule has 3 heterocycles. The highest BCUT2D eigenvalue weighted by Gasteiger charge is 2.37. The molecule has 2 aliphatic heterocycles. The standard InChI is InChI=1S/C13H15N3O2/c1-15-12(17)8-7-11(14-15)13(18)16-9-3-2-4-10(16)6-5-9/h2-3,7-10H,4-6H2,1H3. The zero-order valence-corrected chi connectivity index (χ0v) is 10.2. The highest BCUT2D eigenvalue weighted by molar-refractivity contribution is 5.93. The number of carbonyl (C=O) groups is 1. The normalized spacial score (nSPS) is 25.5. The molecule has 2 aliphatic rings. The van der Waals surface area contributed by atoms with Gasteiger partial charge < -0.3 is 4.90 Å².